The molecule has 4 heterocycles. The van der Waals surface area contributed by atoms with Gasteiger partial charge in [-0.25, -0.2) is 4.98 Å². The van der Waals surface area contributed by atoms with Gasteiger partial charge in [-0.3, -0.25) is 4.68 Å². The van der Waals surface area contributed by atoms with Gasteiger partial charge in [0.2, 0.25) is 5.95 Å². The van der Waals surface area contributed by atoms with Crippen molar-refractivity contribution in [3.05, 3.63) is 71.1 Å². The smallest absolute Gasteiger partial charge is 0.228 e. The van der Waals surface area contributed by atoms with Crippen molar-refractivity contribution in [3.8, 4) is 17.2 Å². The van der Waals surface area contributed by atoms with Gasteiger partial charge in [0.05, 0.1) is 22.1 Å². The summed E-state index contributed by atoms with van der Waals surface area (Å²) >= 11 is 6.94. The van der Waals surface area contributed by atoms with E-state index in [0.29, 0.717) is 76.6 Å². The van der Waals surface area contributed by atoms with Crippen LogP contribution in [0.4, 0.5) is 5.95 Å². The predicted molar refractivity (Wildman–Crippen MR) is 175 cm³/mol. The van der Waals surface area contributed by atoms with E-state index in [1.54, 1.807) is 12.1 Å². The zero-order chi connectivity index (χ0) is 32.9. The Balaban J connectivity index is 1.41. The lowest BCUT2D eigenvalue weighted by Gasteiger charge is -2.39. The first-order valence-corrected chi connectivity index (χ1v) is 18.5. The minimum Gasteiger partial charge on any atom is -0.361 e. The van der Waals surface area contributed by atoms with Gasteiger partial charge in [0, 0.05) is 67.1 Å². The molecular formula is C32H37ClN8OSi. The van der Waals surface area contributed by atoms with E-state index in [1.807, 2.05) is 29.0 Å². The first kappa shape index (κ1) is 25.7. The minimum atomic E-state index is -2.45. The summed E-state index contributed by atoms with van der Waals surface area (Å²) < 4.78 is 32.5. The minimum absolute atomic E-state index is 0.220. The molecule has 43 heavy (non-hydrogen) atoms. The van der Waals surface area contributed by atoms with Gasteiger partial charge in [-0.05, 0) is 30.5 Å². The Morgan fingerprint density at radius 3 is 2.58 bits per heavy atom. The molecule has 1 fully saturated rings. The van der Waals surface area contributed by atoms with Crippen molar-refractivity contribution >= 4 is 47.6 Å². The average Bonchev–Trinajstić information content (AvgIpc) is 3.62. The fourth-order valence-corrected chi connectivity index (χ4v) is 6.75. The van der Waals surface area contributed by atoms with Gasteiger partial charge >= 0.3 is 0 Å². The van der Waals surface area contributed by atoms with Gasteiger partial charge in [-0.15, -0.1) is 0 Å². The number of piperidine rings is 1. The molecule has 0 amide bonds. The molecule has 0 saturated carbocycles. The molecule has 0 radical (unpaired) electrons. The van der Waals surface area contributed by atoms with Gasteiger partial charge in [0.1, 0.15) is 18.4 Å². The first-order chi connectivity index (χ1) is 21.8. The van der Waals surface area contributed by atoms with Crippen molar-refractivity contribution in [2.75, 3.05) is 24.6 Å². The summed E-state index contributed by atoms with van der Waals surface area (Å²) in [7, 11) is -1.31. The number of aromatic nitrogens is 5. The van der Waals surface area contributed by atoms with Crippen LogP contribution in [0.2, 0.25) is 30.7 Å². The van der Waals surface area contributed by atoms with Crippen molar-refractivity contribution in [1.29, 1.82) is 5.26 Å². The summed E-state index contributed by atoms with van der Waals surface area (Å²) in [6.07, 6.45) is 4.77. The monoisotopic (exact) mass is 615 g/mol. The first-order valence-electron chi connectivity index (χ1n) is 15.9. The number of nitrogens with two attached hydrogens (primary N) is 1. The van der Waals surface area contributed by atoms with E-state index in [9.17, 15) is 5.26 Å². The van der Waals surface area contributed by atoms with Crippen LogP contribution >= 0.6 is 11.6 Å². The maximum absolute atomic E-state index is 10.4. The highest BCUT2D eigenvalue weighted by Crippen LogP contribution is 2.40. The highest BCUT2D eigenvalue weighted by Gasteiger charge is 2.34. The van der Waals surface area contributed by atoms with Crippen LogP contribution in [0, 0.1) is 11.3 Å². The molecule has 1 aliphatic rings. The highest BCUT2D eigenvalue weighted by molar-refractivity contribution is 6.76. The number of nitrogens with zero attached hydrogens (tertiary/aromatic N) is 7. The normalized spacial score (nSPS) is 16.7. The number of anilines is 1. The molecule has 0 aliphatic carbocycles. The number of rotatable bonds is 8. The Morgan fingerprint density at radius 2 is 1.88 bits per heavy atom. The Morgan fingerprint density at radius 1 is 1.12 bits per heavy atom. The number of fused-ring (bicyclic) bond motifs is 2. The lowest BCUT2D eigenvalue weighted by atomic mass is 9.82. The van der Waals surface area contributed by atoms with Crippen molar-refractivity contribution in [2.24, 2.45) is 12.7 Å². The second kappa shape index (κ2) is 11.4. The molecule has 11 heteroatoms. The van der Waals surface area contributed by atoms with E-state index in [4.69, 9.17) is 36.2 Å². The summed E-state index contributed by atoms with van der Waals surface area (Å²) in [5.41, 5.74) is 9.96. The largest absolute Gasteiger partial charge is 0.361 e. The topological polar surface area (TPSA) is 111 Å². The zero-order valence-corrected chi connectivity index (χ0v) is 26.4. The SMILES string of the molecule is [2H]C([2H])([2H])n1ncc2c(Cl)c(-c3cn(COCC[Si](C)(C)C)c4nc(N5CCC(N)(c6ccccc6)CC5)nc(C#N)c34)ccc21. The van der Waals surface area contributed by atoms with E-state index < -0.39 is 20.6 Å². The van der Waals surface area contributed by atoms with Crippen LogP contribution in [0.3, 0.4) is 0 Å². The summed E-state index contributed by atoms with van der Waals surface area (Å²) in [6, 6.07) is 16.9. The van der Waals surface area contributed by atoms with Gasteiger partial charge in [0.15, 0.2) is 5.69 Å². The van der Waals surface area contributed by atoms with Crippen LogP contribution < -0.4 is 10.6 Å². The molecular weight excluding hydrogens is 576 g/mol. The van der Waals surface area contributed by atoms with Crippen molar-refractivity contribution in [3.63, 3.8) is 0 Å². The van der Waals surface area contributed by atoms with Crippen LogP contribution in [-0.2, 0) is 24.0 Å². The molecule has 3 aromatic heterocycles. The standard InChI is InChI=1S/C32H37ClN8OSi/c1-39-27-11-10-23(29(33)24(27)19-36-39)25-20-41(21-42-16-17-43(2,3)4)30-28(25)26(18-34)37-31(38-30)40-14-12-32(35,13-15-40)22-8-6-5-7-9-22/h5-11,19-20H,12-17,21,35H2,1-4H3/i1D3. The third-order valence-electron chi connectivity index (χ3n) is 8.30. The highest BCUT2D eigenvalue weighted by atomic mass is 35.5. The Bertz CT molecular complexity index is 1940. The number of aryl methyl sites for hydroxylation is 1. The average molecular weight is 616 g/mol. The van der Waals surface area contributed by atoms with Gasteiger partial charge in [-0.2, -0.15) is 15.3 Å². The second-order valence-electron chi connectivity index (χ2n) is 12.5. The van der Waals surface area contributed by atoms with Crippen LogP contribution in [0.15, 0.2) is 54.9 Å². The Hall–Kier alpha value is -3.75. The number of ether oxygens (including phenoxy) is 1. The van der Waals surface area contributed by atoms with Gasteiger partial charge in [0.25, 0.3) is 0 Å². The number of halogens is 1. The lowest BCUT2D eigenvalue weighted by Crippen LogP contribution is -2.48. The number of hydrogen-bond donors (Lipinski definition) is 1. The van der Waals surface area contributed by atoms with Crippen LogP contribution in [-0.4, -0.2) is 52.1 Å². The van der Waals surface area contributed by atoms with Crippen molar-refractivity contribution in [2.45, 2.75) is 50.8 Å². The summed E-state index contributed by atoms with van der Waals surface area (Å²) in [6.45, 7) is 6.58. The Kier molecular flexibility index (Phi) is 6.81. The van der Waals surface area contributed by atoms with Crippen molar-refractivity contribution < 1.29 is 8.85 Å². The molecule has 0 spiro atoms. The summed E-state index contributed by atoms with van der Waals surface area (Å²) in [4.78, 5) is 11.8. The fraction of sp³-hybridized carbons (Fsp3) is 0.375. The van der Waals surface area contributed by atoms with Crippen LogP contribution in [0.25, 0.3) is 33.1 Å². The maximum Gasteiger partial charge on any atom is 0.228 e. The molecule has 2 N–H and O–H groups in total. The molecule has 2 aromatic carbocycles. The molecule has 0 bridgehead atoms. The molecule has 222 valence electrons. The van der Waals surface area contributed by atoms with E-state index in [2.05, 4.69) is 47.8 Å². The van der Waals surface area contributed by atoms with E-state index >= 15 is 0 Å². The van der Waals surface area contributed by atoms with E-state index in [-0.39, 0.29) is 12.4 Å². The van der Waals surface area contributed by atoms with Gasteiger partial charge < -0.3 is 19.9 Å². The molecule has 1 saturated heterocycles. The van der Waals surface area contributed by atoms with E-state index in [1.165, 1.54) is 6.20 Å². The number of hydrogen-bond acceptors (Lipinski definition) is 7. The molecule has 1 aliphatic heterocycles. The molecule has 0 atom stereocenters. The maximum atomic E-state index is 10.4. The molecule has 5 aromatic rings. The Labute approximate surface area is 262 Å². The lowest BCUT2D eigenvalue weighted by molar-refractivity contribution is 0.0899. The van der Waals surface area contributed by atoms with Gasteiger partial charge in [-0.1, -0.05) is 67.6 Å². The van der Waals surface area contributed by atoms with Crippen LogP contribution in [0.1, 0.15) is 28.2 Å². The van der Waals surface area contributed by atoms with Crippen LogP contribution in [0.5, 0.6) is 0 Å². The van der Waals surface area contributed by atoms with E-state index in [0.717, 1.165) is 16.3 Å². The molecule has 6 rings (SSSR count). The predicted octanol–water partition coefficient (Wildman–Crippen LogP) is 6.28. The fourth-order valence-electron chi connectivity index (χ4n) is 5.68. The second-order valence-corrected chi connectivity index (χ2v) is 18.5. The summed E-state index contributed by atoms with van der Waals surface area (Å²) in [5, 5.41) is 15.8. The number of nitriles is 1. The third-order valence-corrected chi connectivity index (χ3v) is 10.4. The zero-order valence-electron chi connectivity index (χ0n) is 27.6. The number of benzene rings is 2. The van der Waals surface area contributed by atoms with Crippen molar-refractivity contribution in [1.82, 2.24) is 24.3 Å². The summed E-state index contributed by atoms with van der Waals surface area (Å²) in [5.74, 6) is 0.465. The third kappa shape index (κ3) is 5.66. The molecule has 0 unspecified atom stereocenters. The quantitative estimate of drug-likeness (QED) is 0.162. The molecule has 9 nitrogen and oxygen atoms in total.